The van der Waals surface area contributed by atoms with Crippen LogP contribution in [0.1, 0.15) is 10.6 Å². The molecule has 1 heterocycles. The van der Waals surface area contributed by atoms with E-state index >= 15 is 0 Å². The molecule has 1 amide bonds. The molecule has 0 aliphatic heterocycles. The molecule has 1 aromatic heterocycles. The Hall–Kier alpha value is -1.43. The van der Waals surface area contributed by atoms with Gasteiger partial charge in [0.2, 0.25) is 5.91 Å². The van der Waals surface area contributed by atoms with Crippen molar-refractivity contribution in [2.24, 2.45) is 0 Å². The van der Waals surface area contributed by atoms with Crippen LogP contribution in [0.25, 0.3) is 10.6 Å². The lowest BCUT2D eigenvalue weighted by Gasteiger charge is -2.02. The van der Waals surface area contributed by atoms with Crippen molar-refractivity contribution < 1.29 is 4.79 Å². The molecule has 0 fully saturated rings. The van der Waals surface area contributed by atoms with E-state index in [0.717, 1.165) is 21.1 Å². The second-order valence-electron chi connectivity index (χ2n) is 4.20. The van der Waals surface area contributed by atoms with E-state index in [1.54, 1.807) is 18.4 Å². The van der Waals surface area contributed by atoms with Crippen molar-refractivity contribution in [3.05, 3.63) is 40.9 Å². The Morgan fingerprint density at radius 2 is 2.00 bits per heavy atom. The van der Waals surface area contributed by atoms with Crippen LogP contribution in [0.15, 0.2) is 30.3 Å². The van der Waals surface area contributed by atoms with Gasteiger partial charge in [-0.3, -0.25) is 4.79 Å². The first-order chi connectivity index (χ1) is 9.20. The molecule has 0 radical (unpaired) electrons. The van der Waals surface area contributed by atoms with Crippen LogP contribution in [0.2, 0.25) is 0 Å². The summed E-state index contributed by atoms with van der Waals surface area (Å²) in [5.41, 5.74) is 2.09. The number of carbonyl (C=O) groups excluding carboxylic acids is 1. The molecule has 4 nitrogen and oxygen atoms in total. The van der Waals surface area contributed by atoms with E-state index in [2.05, 4.69) is 15.6 Å². The van der Waals surface area contributed by atoms with E-state index < -0.39 is 0 Å². The van der Waals surface area contributed by atoms with Crippen LogP contribution < -0.4 is 10.6 Å². The molecule has 2 N–H and O–H groups in total. The van der Waals surface area contributed by atoms with Crippen molar-refractivity contribution in [2.75, 3.05) is 13.6 Å². The van der Waals surface area contributed by atoms with Crippen LogP contribution in [-0.4, -0.2) is 24.5 Å². The lowest BCUT2D eigenvalue weighted by molar-refractivity contribution is -0.120. The van der Waals surface area contributed by atoms with Crippen LogP contribution in [0, 0.1) is 6.92 Å². The highest BCUT2D eigenvalue weighted by molar-refractivity contribution is 7.15. The highest BCUT2D eigenvalue weighted by Gasteiger charge is 2.10. The van der Waals surface area contributed by atoms with Crippen LogP contribution in [0.5, 0.6) is 0 Å². The number of hydrogen-bond donors (Lipinski definition) is 2. The second kappa shape index (κ2) is 7.99. The molecule has 108 valence electrons. The third-order valence-corrected chi connectivity index (χ3v) is 3.90. The molecule has 0 spiro atoms. The van der Waals surface area contributed by atoms with Gasteiger partial charge in [0.1, 0.15) is 5.01 Å². The van der Waals surface area contributed by atoms with Crippen LogP contribution in [0.3, 0.4) is 0 Å². The molecule has 20 heavy (non-hydrogen) atoms. The third kappa shape index (κ3) is 4.30. The number of thiazole rings is 1. The molecule has 0 saturated carbocycles. The maximum absolute atomic E-state index is 11.4. The van der Waals surface area contributed by atoms with E-state index in [1.807, 2.05) is 37.3 Å². The second-order valence-corrected chi connectivity index (χ2v) is 5.28. The zero-order valence-corrected chi connectivity index (χ0v) is 13.1. The lowest BCUT2D eigenvalue weighted by Crippen LogP contribution is -2.31. The Kier molecular flexibility index (Phi) is 6.64. The highest BCUT2D eigenvalue weighted by Crippen LogP contribution is 2.27. The van der Waals surface area contributed by atoms with Gasteiger partial charge < -0.3 is 10.6 Å². The first-order valence-electron chi connectivity index (χ1n) is 6.13. The van der Waals surface area contributed by atoms with Crippen molar-refractivity contribution in [2.45, 2.75) is 13.5 Å². The molecule has 2 rings (SSSR count). The largest absolute Gasteiger partial charge is 0.350 e. The minimum atomic E-state index is -0.00318. The molecule has 6 heteroatoms. The number of halogens is 1. The predicted octanol–water partition coefficient (Wildman–Crippen LogP) is 2.38. The molecule has 2 aromatic rings. The number of rotatable bonds is 5. The van der Waals surface area contributed by atoms with Gasteiger partial charge in [0.25, 0.3) is 0 Å². The number of carbonyl (C=O) groups is 1. The summed E-state index contributed by atoms with van der Waals surface area (Å²) in [5.74, 6) is -0.00318. The fourth-order valence-electron chi connectivity index (χ4n) is 1.70. The molecular formula is C14H18ClN3OS. The number of likely N-dealkylation sites (N-methyl/N-ethyl adjacent to an activating group) is 1. The molecule has 0 aliphatic carbocycles. The maximum atomic E-state index is 11.4. The van der Waals surface area contributed by atoms with Gasteiger partial charge >= 0.3 is 0 Å². The number of amides is 1. The van der Waals surface area contributed by atoms with E-state index in [9.17, 15) is 4.79 Å². The first-order valence-corrected chi connectivity index (χ1v) is 6.95. The quantitative estimate of drug-likeness (QED) is 0.891. The molecule has 0 aliphatic rings. The molecule has 0 saturated heterocycles. The van der Waals surface area contributed by atoms with Crippen LogP contribution in [0.4, 0.5) is 0 Å². The molecule has 0 bridgehead atoms. The smallest absolute Gasteiger partial charge is 0.234 e. The number of benzene rings is 1. The number of nitrogens with one attached hydrogen (secondary N) is 2. The Bertz CT molecular complexity index is 557. The average Bonchev–Trinajstić information content (AvgIpc) is 2.79. The summed E-state index contributed by atoms with van der Waals surface area (Å²) in [7, 11) is 1.75. The number of aromatic nitrogens is 1. The zero-order valence-electron chi connectivity index (χ0n) is 11.5. The summed E-state index contributed by atoms with van der Waals surface area (Å²) in [4.78, 5) is 17.1. The predicted molar refractivity (Wildman–Crippen MR) is 85.3 cm³/mol. The third-order valence-electron chi connectivity index (χ3n) is 2.70. The van der Waals surface area contributed by atoms with Crippen molar-refractivity contribution in [3.63, 3.8) is 0 Å². The topological polar surface area (TPSA) is 54.0 Å². The summed E-state index contributed by atoms with van der Waals surface area (Å²) in [6, 6.07) is 10.1. The fourth-order valence-corrected chi connectivity index (χ4v) is 2.71. The Morgan fingerprint density at radius 3 is 2.65 bits per heavy atom. The van der Waals surface area contributed by atoms with Crippen molar-refractivity contribution in [1.29, 1.82) is 0 Å². The molecule has 0 unspecified atom stereocenters. The maximum Gasteiger partial charge on any atom is 0.234 e. The standard InChI is InChI=1S/C14H17N3OS.ClH/c1-10-12(8-16-13(18)9-15-2)19-14(17-10)11-6-4-3-5-7-11;/h3-7,15H,8-9H2,1-2H3,(H,16,18);1H. The van der Waals surface area contributed by atoms with Gasteiger partial charge in [0.05, 0.1) is 18.8 Å². The molecular weight excluding hydrogens is 294 g/mol. The Morgan fingerprint density at radius 1 is 1.30 bits per heavy atom. The lowest BCUT2D eigenvalue weighted by atomic mass is 10.2. The monoisotopic (exact) mass is 311 g/mol. The normalized spacial score (nSPS) is 9.90. The van der Waals surface area contributed by atoms with Gasteiger partial charge in [0.15, 0.2) is 0 Å². The summed E-state index contributed by atoms with van der Waals surface area (Å²) >= 11 is 1.63. The van der Waals surface area contributed by atoms with E-state index in [1.165, 1.54) is 0 Å². The van der Waals surface area contributed by atoms with E-state index in [-0.39, 0.29) is 18.3 Å². The van der Waals surface area contributed by atoms with Gasteiger partial charge in [-0.1, -0.05) is 30.3 Å². The zero-order chi connectivity index (χ0) is 13.7. The Labute approximate surface area is 129 Å². The van der Waals surface area contributed by atoms with E-state index in [4.69, 9.17) is 0 Å². The minimum absolute atomic E-state index is 0. The van der Waals surface area contributed by atoms with Crippen molar-refractivity contribution >= 4 is 29.7 Å². The van der Waals surface area contributed by atoms with Gasteiger partial charge in [-0.05, 0) is 14.0 Å². The van der Waals surface area contributed by atoms with Gasteiger partial charge in [-0.2, -0.15) is 0 Å². The molecule has 1 aromatic carbocycles. The number of hydrogen-bond acceptors (Lipinski definition) is 4. The Balaban J connectivity index is 0.00000200. The van der Waals surface area contributed by atoms with Gasteiger partial charge in [0, 0.05) is 10.4 Å². The van der Waals surface area contributed by atoms with Crippen molar-refractivity contribution in [1.82, 2.24) is 15.6 Å². The van der Waals surface area contributed by atoms with Gasteiger partial charge in [-0.25, -0.2) is 4.98 Å². The summed E-state index contributed by atoms with van der Waals surface area (Å²) in [5, 5.41) is 6.70. The highest BCUT2D eigenvalue weighted by atomic mass is 35.5. The van der Waals surface area contributed by atoms with Gasteiger partial charge in [-0.15, -0.1) is 23.7 Å². The fraction of sp³-hybridized carbons (Fsp3) is 0.286. The average molecular weight is 312 g/mol. The molecule has 0 atom stereocenters. The van der Waals surface area contributed by atoms with Crippen LogP contribution in [-0.2, 0) is 11.3 Å². The number of nitrogens with zero attached hydrogens (tertiary/aromatic N) is 1. The first kappa shape index (κ1) is 16.6. The van der Waals surface area contributed by atoms with Crippen molar-refractivity contribution in [3.8, 4) is 10.6 Å². The summed E-state index contributed by atoms with van der Waals surface area (Å²) in [6.07, 6.45) is 0. The SMILES string of the molecule is CNCC(=O)NCc1sc(-c2ccccc2)nc1C.Cl. The van der Waals surface area contributed by atoms with Crippen LogP contribution >= 0.6 is 23.7 Å². The summed E-state index contributed by atoms with van der Waals surface area (Å²) < 4.78 is 0. The minimum Gasteiger partial charge on any atom is -0.350 e. The van der Waals surface area contributed by atoms with E-state index in [0.29, 0.717) is 13.1 Å². The number of aryl methyl sites for hydroxylation is 1. The summed E-state index contributed by atoms with van der Waals surface area (Å²) in [6.45, 7) is 2.85.